The van der Waals surface area contributed by atoms with Crippen molar-refractivity contribution in [3.05, 3.63) is 45.7 Å². The standard InChI is InChI=1S/C23H28BrClN4O3/c24-18-15-26-22(27-16-18)28-10-5-23(6-11-28,29-8-1-2-9-29)7-12-32-20-13-17(14-21(30)31)3-4-19(20)25/h3-4,13,15-16H,1-2,5-12,14H2,(H,30,31). The van der Waals surface area contributed by atoms with Crippen LogP contribution in [-0.2, 0) is 11.2 Å². The maximum atomic E-state index is 11.0. The van der Waals surface area contributed by atoms with Gasteiger partial charge in [0.1, 0.15) is 5.75 Å². The molecule has 2 aromatic rings. The summed E-state index contributed by atoms with van der Waals surface area (Å²) in [6, 6.07) is 5.18. The third kappa shape index (κ3) is 5.53. The van der Waals surface area contributed by atoms with Crippen LogP contribution in [-0.4, -0.2) is 64.3 Å². The average molecular weight is 524 g/mol. The van der Waals surface area contributed by atoms with E-state index in [1.807, 2.05) is 0 Å². The van der Waals surface area contributed by atoms with Crippen LogP contribution in [0.4, 0.5) is 5.95 Å². The fourth-order valence-corrected chi connectivity index (χ4v) is 5.18. The van der Waals surface area contributed by atoms with Gasteiger partial charge in [-0.1, -0.05) is 17.7 Å². The number of hydrogen-bond donors (Lipinski definition) is 1. The summed E-state index contributed by atoms with van der Waals surface area (Å²) < 4.78 is 6.96. The highest BCUT2D eigenvalue weighted by Gasteiger charge is 2.41. The number of ether oxygens (including phenoxy) is 1. The molecular weight excluding hydrogens is 496 g/mol. The third-order valence-corrected chi connectivity index (χ3v) is 7.26. The number of likely N-dealkylation sites (tertiary alicyclic amines) is 1. The van der Waals surface area contributed by atoms with Gasteiger partial charge in [-0.05, 0) is 78.8 Å². The number of aliphatic carboxylic acids is 1. The highest BCUT2D eigenvalue weighted by molar-refractivity contribution is 9.10. The molecule has 9 heteroatoms. The number of benzene rings is 1. The lowest BCUT2D eigenvalue weighted by Crippen LogP contribution is -2.55. The van der Waals surface area contributed by atoms with Crippen molar-refractivity contribution in [2.24, 2.45) is 0 Å². The topological polar surface area (TPSA) is 78.8 Å². The average Bonchev–Trinajstić information content (AvgIpc) is 3.32. The zero-order chi connectivity index (χ0) is 22.6. The van der Waals surface area contributed by atoms with E-state index in [4.69, 9.17) is 21.4 Å². The molecule has 4 rings (SSSR count). The lowest BCUT2D eigenvalue weighted by molar-refractivity contribution is -0.136. The summed E-state index contributed by atoms with van der Waals surface area (Å²) >= 11 is 9.71. The predicted molar refractivity (Wildman–Crippen MR) is 128 cm³/mol. The van der Waals surface area contributed by atoms with Gasteiger partial charge in [0.05, 0.1) is 22.5 Å². The van der Waals surface area contributed by atoms with Crippen LogP contribution in [0.25, 0.3) is 0 Å². The molecule has 1 N–H and O–H groups in total. The number of carboxylic acid groups (broad SMARTS) is 1. The van der Waals surface area contributed by atoms with Crippen LogP contribution in [0.2, 0.25) is 5.02 Å². The van der Waals surface area contributed by atoms with Crippen LogP contribution >= 0.6 is 27.5 Å². The van der Waals surface area contributed by atoms with Gasteiger partial charge in [0.2, 0.25) is 5.95 Å². The van der Waals surface area contributed by atoms with Crippen molar-refractivity contribution in [1.29, 1.82) is 0 Å². The Hall–Kier alpha value is -1.90. The quantitative estimate of drug-likeness (QED) is 0.548. The fourth-order valence-electron chi connectivity index (χ4n) is 4.80. The molecule has 3 heterocycles. The minimum atomic E-state index is -0.868. The number of anilines is 1. The van der Waals surface area contributed by atoms with Gasteiger partial charge in [-0.2, -0.15) is 0 Å². The molecule has 1 aromatic heterocycles. The smallest absolute Gasteiger partial charge is 0.307 e. The number of rotatable bonds is 8. The molecule has 0 aliphatic carbocycles. The van der Waals surface area contributed by atoms with Gasteiger partial charge in [0.25, 0.3) is 0 Å². The molecule has 0 amide bonds. The number of carbonyl (C=O) groups is 1. The summed E-state index contributed by atoms with van der Waals surface area (Å²) in [6.45, 7) is 4.62. The number of aromatic nitrogens is 2. The van der Waals surface area contributed by atoms with Gasteiger partial charge in [0.15, 0.2) is 0 Å². The van der Waals surface area contributed by atoms with Crippen molar-refractivity contribution >= 4 is 39.4 Å². The fraction of sp³-hybridized carbons (Fsp3) is 0.522. The number of nitrogens with zero attached hydrogens (tertiary/aromatic N) is 4. The molecule has 0 radical (unpaired) electrons. The van der Waals surface area contributed by atoms with Crippen molar-refractivity contribution in [2.75, 3.05) is 37.7 Å². The van der Waals surface area contributed by atoms with E-state index in [1.54, 1.807) is 30.6 Å². The minimum absolute atomic E-state index is 0.0425. The first-order valence-electron chi connectivity index (χ1n) is 11.1. The van der Waals surface area contributed by atoms with Crippen LogP contribution in [0.3, 0.4) is 0 Å². The maximum Gasteiger partial charge on any atom is 0.307 e. The zero-order valence-corrected chi connectivity index (χ0v) is 20.3. The summed E-state index contributed by atoms with van der Waals surface area (Å²) in [7, 11) is 0. The molecule has 0 spiro atoms. The molecule has 0 bridgehead atoms. The van der Waals surface area contributed by atoms with E-state index >= 15 is 0 Å². The van der Waals surface area contributed by atoms with Crippen LogP contribution < -0.4 is 9.64 Å². The largest absolute Gasteiger partial charge is 0.492 e. The third-order valence-electron chi connectivity index (χ3n) is 6.54. The van der Waals surface area contributed by atoms with Gasteiger partial charge in [-0.15, -0.1) is 0 Å². The Labute approximate surface area is 201 Å². The molecule has 2 saturated heterocycles. The molecule has 1 aromatic carbocycles. The summed E-state index contributed by atoms with van der Waals surface area (Å²) in [4.78, 5) is 24.8. The molecular formula is C23H28BrClN4O3. The Morgan fingerprint density at radius 1 is 1.16 bits per heavy atom. The van der Waals surface area contributed by atoms with Gasteiger partial charge in [0, 0.05) is 31.0 Å². The Morgan fingerprint density at radius 2 is 1.84 bits per heavy atom. The second kappa shape index (κ2) is 10.4. The van der Waals surface area contributed by atoms with E-state index in [0.29, 0.717) is 22.9 Å². The molecule has 0 atom stereocenters. The Morgan fingerprint density at radius 3 is 2.50 bits per heavy atom. The Bertz CT molecular complexity index is 929. The zero-order valence-electron chi connectivity index (χ0n) is 18.0. The number of carboxylic acids is 1. The summed E-state index contributed by atoms with van der Waals surface area (Å²) in [5.74, 6) is 0.469. The van der Waals surface area contributed by atoms with Crippen molar-refractivity contribution in [2.45, 2.75) is 44.1 Å². The van der Waals surface area contributed by atoms with E-state index in [2.05, 4.69) is 35.7 Å². The van der Waals surface area contributed by atoms with Crippen molar-refractivity contribution in [3.8, 4) is 5.75 Å². The molecule has 2 aliphatic rings. The highest BCUT2D eigenvalue weighted by atomic mass is 79.9. The van der Waals surface area contributed by atoms with E-state index in [0.717, 1.165) is 55.9 Å². The number of hydrogen-bond acceptors (Lipinski definition) is 6. The van der Waals surface area contributed by atoms with E-state index in [9.17, 15) is 4.79 Å². The second-order valence-electron chi connectivity index (χ2n) is 8.54. The monoisotopic (exact) mass is 522 g/mol. The first-order chi connectivity index (χ1) is 15.4. The van der Waals surface area contributed by atoms with Crippen LogP contribution in [0.1, 0.15) is 37.7 Å². The molecule has 0 saturated carbocycles. The second-order valence-corrected chi connectivity index (χ2v) is 9.86. The lowest BCUT2D eigenvalue weighted by atomic mass is 9.83. The summed E-state index contributed by atoms with van der Waals surface area (Å²) in [5, 5.41) is 9.56. The van der Waals surface area contributed by atoms with Crippen LogP contribution in [0.15, 0.2) is 35.1 Å². The van der Waals surface area contributed by atoms with Crippen molar-refractivity contribution < 1.29 is 14.6 Å². The summed E-state index contributed by atoms with van der Waals surface area (Å²) in [5.41, 5.74) is 0.780. The van der Waals surface area contributed by atoms with Crippen molar-refractivity contribution in [1.82, 2.24) is 14.9 Å². The van der Waals surface area contributed by atoms with Crippen molar-refractivity contribution in [3.63, 3.8) is 0 Å². The normalized spacial score (nSPS) is 18.6. The van der Waals surface area contributed by atoms with E-state index in [1.165, 1.54) is 12.8 Å². The minimum Gasteiger partial charge on any atom is -0.492 e. The van der Waals surface area contributed by atoms with Crippen LogP contribution in [0.5, 0.6) is 5.75 Å². The Kier molecular flexibility index (Phi) is 7.53. The van der Waals surface area contributed by atoms with Gasteiger partial charge >= 0.3 is 5.97 Å². The lowest BCUT2D eigenvalue weighted by Gasteiger charge is -2.47. The molecule has 0 unspecified atom stereocenters. The molecule has 7 nitrogen and oxygen atoms in total. The van der Waals surface area contributed by atoms with Gasteiger partial charge in [-0.3, -0.25) is 9.69 Å². The molecule has 2 fully saturated rings. The van der Waals surface area contributed by atoms with Crippen LogP contribution in [0, 0.1) is 0 Å². The number of halogens is 2. The van der Waals surface area contributed by atoms with E-state index in [-0.39, 0.29) is 12.0 Å². The number of piperidine rings is 1. The highest BCUT2D eigenvalue weighted by Crippen LogP contribution is 2.36. The van der Waals surface area contributed by atoms with E-state index < -0.39 is 5.97 Å². The van der Waals surface area contributed by atoms with Gasteiger partial charge < -0.3 is 14.7 Å². The predicted octanol–water partition coefficient (Wildman–Crippen LogP) is 4.42. The molecule has 172 valence electrons. The SMILES string of the molecule is O=C(O)Cc1ccc(Cl)c(OCCC2(N3CCCC3)CCN(c3ncc(Br)cn3)CC2)c1. The first-order valence-corrected chi connectivity index (χ1v) is 12.2. The maximum absolute atomic E-state index is 11.0. The first kappa shape index (κ1) is 23.3. The molecule has 32 heavy (non-hydrogen) atoms. The summed E-state index contributed by atoms with van der Waals surface area (Å²) in [6.07, 6.45) is 8.99. The Balaban J connectivity index is 1.41. The van der Waals surface area contributed by atoms with Gasteiger partial charge in [-0.25, -0.2) is 9.97 Å². The molecule has 2 aliphatic heterocycles.